The smallest absolute Gasteiger partial charge is 0.154 e. The predicted molar refractivity (Wildman–Crippen MR) is 113 cm³/mol. The highest BCUT2D eigenvalue weighted by molar-refractivity contribution is 5.86. The summed E-state index contributed by atoms with van der Waals surface area (Å²) < 4.78 is 22.3. The summed E-state index contributed by atoms with van der Waals surface area (Å²) in [6.45, 7) is 3.72. The molecule has 0 bridgehead atoms. The van der Waals surface area contributed by atoms with E-state index in [9.17, 15) is 14.6 Å². The zero-order valence-electron chi connectivity index (χ0n) is 17.3. The number of fused-ring (bicyclic) bond motifs is 2. The highest BCUT2D eigenvalue weighted by Crippen LogP contribution is 2.38. The van der Waals surface area contributed by atoms with Crippen LogP contribution in [0.2, 0.25) is 0 Å². The minimum absolute atomic E-state index is 0.0394. The van der Waals surface area contributed by atoms with Gasteiger partial charge < -0.3 is 30.6 Å². The van der Waals surface area contributed by atoms with Crippen molar-refractivity contribution < 1.29 is 19.3 Å². The Labute approximate surface area is 178 Å². The fraction of sp³-hybridized carbons (Fsp3) is 0.455. The lowest BCUT2D eigenvalue weighted by Crippen LogP contribution is -2.35. The number of hydrogen-bond acceptors (Lipinski definition) is 7. The molecule has 4 atom stereocenters. The van der Waals surface area contributed by atoms with E-state index in [1.54, 1.807) is 0 Å². The maximum absolute atomic E-state index is 14.5. The van der Waals surface area contributed by atoms with E-state index in [0.717, 1.165) is 30.7 Å². The van der Waals surface area contributed by atoms with Gasteiger partial charge in [0.2, 0.25) is 0 Å². The van der Waals surface area contributed by atoms with Gasteiger partial charge in [0, 0.05) is 24.7 Å². The minimum atomic E-state index is -1.14. The van der Waals surface area contributed by atoms with E-state index >= 15 is 0 Å². The van der Waals surface area contributed by atoms with Crippen LogP contribution in [0.15, 0.2) is 24.7 Å². The predicted octanol–water partition coefficient (Wildman–Crippen LogP) is 1.47. The lowest BCUT2D eigenvalue weighted by atomic mass is 9.96. The molecule has 1 saturated carbocycles. The Morgan fingerprint density at radius 1 is 1.29 bits per heavy atom. The number of aliphatic hydroxyl groups is 2. The average Bonchev–Trinajstić information content (AvgIpc) is 3.25. The molecule has 2 aromatic heterocycles. The number of aliphatic hydroxyl groups excluding tert-OH is 2. The van der Waals surface area contributed by atoms with Crippen molar-refractivity contribution in [3.8, 4) is 5.75 Å². The van der Waals surface area contributed by atoms with Gasteiger partial charge in [-0.1, -0.05) is 13.0 Å². The van der Waals surface area contributed by atoms with Crippen LogP contribution in [0.25, 0.3) is 11.0 Å². The second kappa shape index (κ2) is 7.74. The number of benzene rings is 1. The molecule has 5 N–H and O–H groups in total. The molecular formula is C22H26FN5O3. The number of nitrogens with zero attached hydrogens (tertiary/aromatic N) is 3. The van der Waals surface area contributed by atoms with Crippen LogP contribution in [0.3, 0.4) is 0 Å². The third kappa shape index (κ3) is 3.33. The molecule has 0 radical (unpaired) electrons. The highest BCUT2D eigenvalue weighted by Gasteiger charge is 2.45. The van der Waals surface area contributed by atoms with Gasteiger partial charge in [0.1, 0.15) is 41.9 Å². The van der Waals surface area contributed by atoms with Crippen molar-refractivity contribution in [3.05, 3.63) is 47.2 Å². The van der Waals surface area contributed by atoms with Crippen molar-refractivity contribution in [2.45, 2.75) is 57.1 Å². The van der Waals surface area contributed by atoms with Crippen LogP contribution in [-0.4, -0.2) is 49.6 Å². The summed E-state index contributed by atoms with van der Waals surface area (Å²) in [5, 5.41) is 25.0. The lowest BCUT2D eigenvalue weighted by Gasteiger charge is -2.25. The summed E-state index contributed by atoms with van der Waals surface area (Å²) in [7, 11) is 0. The Kier molecular flexibility index (Phi) is 5.04. The van der Waals surface area contributed by atoms with E-state index in [2.05, 4.69) is 28.3 Å². The van der Waals surface area contributed by atoms with E-state index in [0.29, 0.717) is 13.0 Å². The number of ether oxygens (including phenoxy) is 1. The first-order valence-corrected chi connectivity index (χ1v) is 10.6. The normalized spacial score (nSPS) is 25.7. The summed E-state index contributed by atoms with van der Waals surface area (Å²) in [6.07, 6.45) is 1.71. The molecule has 1 aliphatic carbocycles. The van der Waals surface area contributed by atoms with E-state index in [-0.39, 0.29) is 16.9 Å². The number of aryl methyl sites for hydroxylation is 1. The topological polar surface area (TPSA) is 118 Å². The molecule has 2 unspecified atom stereocenters. The molecule has 8 nitrogen and oxygen atoms in total. The molecule has 1 fully saturated rings. The van der Waals surface area contributed by atoms with E-state index in [4.69, 9.17) is 10.5 Å². The zero-order chi connectivity index (χ0) is 21.7. The van der Waals surface area contributed by atoms with Crippen molar-refractivity contribution in [1.29, 1.82) is 0 Å². The SMILES string of the molecule is CCc1cc2c(c(OC3CC(n4cc(F)c5c(N)ncnc54)[C@H](O)[C@@H]3O)c1)CNCC2. The molecule has 9 heteroatoms. The van der Waals surface area contributed by atoms with Gasteiger partial charge in [0.25, 0.3) is 0 Å². The van der Waals surface area contributed by atoms with Gasteiger partial charge in [-0.2, -0.15) is 0 Å². The summed E-state index contributed by atoms with van der Waals surface area (Å²) in [6, 6.07) is 3.62. The zero-order valence-corrected chi connectivity index (χ0v) is 17.3. The standard InChI is InChI=1S/C22H26FN5O3/c1-2-11-5-12-3-4-25-8-13(12)16(6-11)31-17-7-15(19(29)20(17)30)28-9-14(23)18-21(24)26-10-27-22(18)28/h5-6,9-10,15,17,19-20,25,29-30H,2-4,7-8H2,1H3,(H2,24,26,27)/t15?,17?,19-,20+/m0/s1. The third-order valence-corrected chi connectivity index (χ3v) is 6.47. The quantitative estimate of drug-likeness (QED) is 0.498. The molecule has 31 heavy (non-hydrogen) atoms. The Morgan fingerprint density at radius 3 is 2.94 bits per heavy atom. The molecular weight excluding hydrogens is 401 g/mol. The number of nitrogens with two attached hydrogens (primary N) is 1. The van der Waals surface area contributed by atoms with Crippen LogP contribution in [0, 0.1) is 5.82 Å². The van der Waals surface area contributed by atoms with E-state index < -0.39 is 30.2 Å². The summed E-state index contributed by atoms with van der Waals surface area (Å²) in [4.78, 5) is 7.99. The second-order valence-corrected chi connectivity index (χ2v) is 8.29. The monoisotopic (exact) mass is 427 g/mol. The van der Waals surface area contributed by atoms with Gasteiger partial charge in [0.15, 0.2) is 5.82 Å². The number of hydrogen-bond donors (Lipinski definition) is 4. The van der Waals surface area contributed by atoms with Crippen molar-refractivity contribution >= 4 is 16.9 Å². The highest BCUT2D eigenvalue weighted by atomic mass is 19.1. The van der Waals surface area contributed by atoms with Crippen LogP contribution < -0.4 is 15.8 Å². The van der Waals surface area contributed by atoms with Gasteiger partial charge >= 0.3 is 0 Å². The van der Waals surface area contributed by atoms with Crippen molar-refractivity contribution in [2.24, 2.45) is 0 Å². The molecule has 0 spiro atoms. The lowest BCUT2D eigenvalue weighted by molar-refractivity contribution is -0.0167. The fourth-order valence-electron chi connectivity index (χ4n) is 4.77. The number of anilines is 1. The van der Waals surface area contributed by atoms with Gasteiger partial charge in [-0.05, 0) is 36.6 Å². The molecule has 2 aliphatic rings. The van der Waals surface area contributed by atoms with Gasteiger partial charge in [-0.3, -0.25) is 0 Å². The number of halogens is 1. The van der Waals surface area contributed by atoms with Crippen LogP contribution in [0.4, 0.5) is 10.2 Å². The first-order valence-electron chi connectivity index (χ1n) is 10.6. The number of nitrogens with one attached hydrogen (secondary N) is 1. The minimum Gasteiger partial charge on any atom is -0.487 e. The van der Waals surface area contributed by atoms with Gasteiger partial charge in [-0.25, -0.2) is 14.4 Å². The fourth-order valence-corrected chi connectivity index (χ4v) is 4.77. The third-order valence-electron chi connectivity index (χ3n) is 6.47. The number of nitrogen functional groups attached to an aromatic ring is 1. The average molecular weight is 427 g/mol. The summed E-state index contributed by atoms with van der Waals surface area (Å²) in [5.41, 5.74) is 9.61. The van der Waals surface area contributed by atoms with Gasteiger partial charge in [-0.15, -0.1) is 0 Å². The molecule has 1 aromatic carbocycles. The summed E-state index contributed by atoms with van der Waals surface area (Å²) in [5.74, 6) is 0.209. The molecule has 3 aromatic rings. The van der Waals surface area contributed by atoms with Crippen molar-refractivity contribution in [1.82, 2.24) is 19.9 Å². The number of aromatic nitrogens is 3. The van der Waals surface area contributed by atoms with Crippen LogP contribution in [0.1, 0.15) is 36.1 Å². The van der Waals surface area contributed by atoms with Crippen molar-refractivity contribution in [3.63, 3.8) is 0 Å². The number of rotatable bonds is 4. The first-order chi connectivity index (χ1) is 15.0. The Balaban J connectivity index is 1.47. The summed E-state index contributed by atoms with van der Waals surface area (Å²) >= 11 is 0. The largest absolute Gasteiger partial charge is 0.487 e. The molecule has 0 saturated heterocycles. The van der Waals surface area contributed by atoms with Gasteiger partial charge in [0.05, 0.1) is 11.4 Å². The van der Waals surface area contributed by atoms with Crippen LogP contribution in [-0.2, 0) is 19.4 Å². The molecule has 3 heterocycles. The Bertz CT molecular complexity index is 1130. The maximum atomic E-state index is 14.5. The molecule has 0 amide bonds. The molecule has 164 valence electrons. The van der Waals surface area contributed by atoms with Crippen LogP contribution in [0.5, 0.6) is 5.75 Å². The second-order valence-electron chi connectivity index (χ2n) is 8.29. The Hall–Kier alpha value is -2.75. The van der Waals surface area contributed by atoms with Crippen LogP contribution >= 0.6 is 0 Å². The molecule has 1 aliphatic heterocycles. The maximum Gasteiger partial charge on any atom is 0.154 e. The first kappa shape index (κ1) is 20.2. The van der Waals surface area contributed by atoms with Crippen molar-refractivity contribution in [2.75, 3.05) is 12.3 Å². The Morgan fingerprint density at radius 2 is 2.13 bits per heavy atom. The molecule has 5 rings (SSSR count). The van der Waals surface area contributed by atoms with E-state index in [1.807, 2.05) is 6.07 Å². The van der Waals surface area contributed by atoms with E-state index in [1.165, 1.54) is 28.2 Å².